The van der Waals surface area contributed by atoms with E-state index in [1.807, 2.05) is 24.3 Å². The van der Waals surface area contributed by atoms with Gasteiger partial charge in [-0.25, -0.2) is 0 Å². The molecule has 2 aliphatic rings. The first-order valence-corrected chi connectivity index (χ1v) is 10.3. The smallest absolute Gasteiger partial charge is 0.324 e. The number of nitrogens with zero attached hydrogens (tertiary/aromatic N) is 3. The van der Waals surface area contributed by atoms with Gasteiger partial charge in [-0.2, -0.15) is 4.98 Å². The summed E-state index contributed by atoms with van der Waals surface area (Å²) in [6, 6.07) is 8.48. The van der Waals surface area contributed by atoms with Crippen LogP contribution in [0.1, 0.15) is 44.9 Å². The van der Waals surface area contributed by atoms with Gasteiger partial charge in [0.15, 0.2) is 0 Å². The highest BCUT2D eigenvalue weighted by Crippen LogP contribution is 2.26. The van der Waals surface area contributed by atoms with Crippen molar-refractivity contribution >= 4 is 11.9 Å². The van der Waals surface area contributed by atoms with Crippen LogP contribution < -0.4 is 15.0 Å². The first kappa shape index (κ1) is 18.8. The van der Waals surface area contributed by atoms with Crippen molar-refractivity contribution in [2.45, 2.75) is 51.0 Å². The van der Waals surface area contributed by atoms with Gasteiger partial charge in [-0.05, 0) is 49.9 Å². The summed E-state index contributed by atoms with van der Waals surface area (Å²) >= 11 is 0. The topological polar surface area (TPSA) is 80.5 Å². The second-order valence-corrected chi connectivity index (χ2v) is 7.73. The Bertz CT molecular complexity index is 775. The molecule has 1 aromatic heterocycles. The van der Waals surface area contributed by atoms with Gasteiger partial charge in [-0.3, -0.25) is 4.79 Å². The highest BCUT2D eigenvalue weighted by atomic mass is 16.5. The number of rotatable bonds is 5. The molecule has 2 aromatic rings. The SMILES string of the molecule is COc1ccc(-c2noc(N3CCC(C(=O)NC4CCCCC4)CC3)n2)cc1. The number of amides is 1. The highest BCUT2D eigenvalue weighted by Gasteiger charge is 2.29. The van der Waals surface area contributed by atoms with E-state index < -0.39 is 0 Å². The van der Waals surface area contributed by atoms with Crippen LogP contribution in [0, 0.1) is 5.92 Å². The monoisotopic (exact) mass is 384 g/mol. The van der Waals surface area contributed by atoms with Crippen molar-refractivity contribution in [2.24, 2.45) is 5.92 Å². The van der Waals surface area contributed by atoms with Crippen LogP contribution in [0.25, 0.3) is 11.4 Å². The molecule has 1 saturated carbocycles. The maximum Gasteiger partial charge on any atom is 0.324 e. The van der Waals surface area contributed by atoms with Gasteiger partial charge in [0, 0.05) is 30.6 Å². The number of piperidine rings is 1. The van der Waals surface area contributed by atoms with E-state index in [1.165, 1.54) is 19.3 Å². The van der Waals surface area contributed by atoms with Gasteiger partial charge in [0.25, 0.3) is 0 Å². The minimum Gasteiger partial charge on any atom is -0.497 e. The maximum atomic E-state index is 12.6. The number of methoxy groups -OCH3 is 1. The predicted octanol–water partition coefficient (Wildman–Crippen LogP) is 3.41. The summed E-state index contributed by atoms with van der Waals surface area (Å²) in [6.07, 6.45) is 7.65. The number of carbonyl (C=O) groups excluding carboxylic acids is 1. The standard InChI is InChI=1S/C21H28N4O3/c1-27-18-9-7-15(8-10-18)19-23-21(28-24-19)25-13-11-16(12-14-25)20(26)22-17-5-3-2-4-6-17/h7-10,16-17H,2-6,11-14H2,1H3,(H,22,26). The molecule has 2 fully saturated rings. The molecular formula is C21H28N4O3. The van der Waals surface area contributed by atoms with Crippen molar-refractivity contribution in [3.63, 3.8) is 0 Å². The summed E-state index contributed by atoms with van der Waals surface area (Å²) < 4.78 is 10.6. The molecule has 0 radical (unpaired) electrons. The number of ether oxygens (including phenoxy) is 1. The first-order chi connectivity index (χ1) is 13.7. The Morgan fingerprint density at radius 3 is 2.50 bits per heavy atom. The summed E-state index contributed by atoms with van der Waals surface area (Å²) in [7, 11) is 1.64. The molecule has 2 heterocycles. The summed E-state index contributed by atoms with van der Waals surface area (Å²) in [6.45, 7) is 1.51. The molecule has 1 aliphatic heterocycles. The predicted molar refractivity (Wildman–Crippen MR) is 106 cm³/mol. The molecule has 1 N–H and O–H groups in total. The normalized spacial score (nSPS) is 18.8. The van der Waals surface area contributed by atoms with Gasteiger partial charge in [-0.1, -0.05) is 24.4 Å². The molecule has 0 atom stereocenters. The minimum absolute atomic E-state index is 0.0853. The lowest BCUT2D eigenvalue weighted by molar-refractivity contribution is -0.126. The van der Waals surface area contributed by atoms with Crippen molar-refractivity contribution in [3.05, 3.63) is 24.3 Å². The molecule has 0 unspecified atom stereocenters. The van der Waals surface area contributed by atoms with Gasteiger partial charge >= 0.3 is 6.01 Å². The van der Waals surface area contributed by atoms with Crippen LogP contribution in [0.5, 0.6) is 5.75 Å². The van der Waals surface area contributed by atoms with Crippen LogP contribution in [0.3, 0.4) is 0 Å². The third kappa shape index (κ3) is 4.29. The van der Waals surface area contributed by atoms with Crippen LogP contribution >= 0.6 is 0 Å². The van der Waals surface area contributed by atoms with E-state index in [2.05, 4.69) is 20.4 Å². The molecule has 0 bridgehead atoms. The Labute approximate surface area is 165 Å². The lowest BCUT2D eigenvalue weighted by Crippen LogP contribution is -2.44. The summed E-state index contributed by atoms with van der Waals surface area (Å²) in [4.78, 5) is 19.2. The maximum absolute atomic E-state index is 12.6. The van der Waals surface area contributed by atoms with Crippen LogP contribution in [0.15, 0.2) is 28.8 Å². The molecule has 7 heteroatoms. The number of carbonyl (C=O) groups is 1. The number of aromatic nitrogens is 2. The van der Waals surface area contributed by atoms with Gasteiger partial charge < -0.3 is 19.5 Å². The van der Waals surface area contributed by atoms with E-state index in [0.29, 0.717) is 17.9 Å². The van der Waals surface area contributed by atoms with E-state index in [1.54, 1.807) is 7.11 Å². The van der Waals surface area contributed by atoms with Crippen molar-refractivity contribution in [2.75, 3.05) is 25.1 Å². The molecule has 7 nitrogen and oxygen atoms in total. The number of anilines is 1. The Kier molecular flexibility index (Phi) is 5.78. The molecule has 1 aliphatic carbocycles. The lowest BCUT2D eigenvalue weighted by atomic mass is 9.92. The van der Waals surface area contributed by atoms with Crippen molar-refractivity contribution in [3.8, 4) is 17.1 Å². The fraction of sp³-hybridized carbons (Fsp3) is 0.571. The largest absolute Gasteiger partial charge is 0.497 e. The van der Waals surface area contributed by atoms with E-state index in [0.717, 1.165) is 50.1 Å². The molecule has 1 saturated heterocycles. The molecule has 1 amide bonds. The average Bonchev–Trinajstić information content (AvgIpc) is 3.25. The Balaban J connectivity index is 1.31. The molecule has 1 aromatic carbocycles. The van der Waals surface area contributed by atoms with E-state index in [4.69, 9.17) is 9.26 Å². The first-order valence-electron chi connectivity index (χ1n) is 10.3. The third-order valence-corrected chi connectivity index (χ3v) is 5.85. The third-order valence-electron chi connectivity index (χ3n) is 5.85. The van der Waals surface area contributed by atoms with Crippen LogP contribution in [0.2, 0.25) is 0 Å². The van der Waals surface area contributed by atoms with Gasteiger partial charge in [0.1, 0.15) is 5.75 Å². The van der Waals surface area contributed by atoms with Crippen LogP contribution in [-0.2, 0) is 4.79 Å². The van der Waals surface area contributed by atoms with Crippen LogP contribution in [-0.4, -0.2) is 42.3 Å². The molecule has 150 valence electrons. The fourth-order valence-electron chi connectivity index (χ4n) is 4.10. The van der Waals surface area contributed by atoms with Gasteiger partial charge in [-0.15, -0.1) is 0 Å². The highest BCUT2D eigenvalue weighted by molar-refractivity contribution is 5.79. The number of benzene rings is 1. The fourth-order valence-corrected chi connectivity index (χ4v) is 4.10. The number of nitrogens with one attached hydrogen (secondary N) is 1. The summed E-state index contributed by atoms with van der Waals surface area (Å²) in [5, 5.41) is 7.36. The average molecular weight is 384 g/mol. The molecule has 0 spiro atoms. The Morgan fingerprint density at radius 1 is 1.11 bits per heavy atom. The molecular weight excluding hydrogens is 356 g/mol. The second kappa shape index (κ2) is 8.63. The van der Waals surface area contributed by atoms with E-state index in [-0.39, 0.29) is 11.8 Å². The zero-order valence-electron chi connectivity index (χ0n) is 16.4. The van der Waals surface area contributed by atoms with Crippen molar-refractivity contribution < 1.29 is 14.1 Å². The van der Waals surface area contributed by atoms with E-state index >= 15 is 0 Å². The number of hydrogen-bond donors (Lipinski definition) is 1. The molecule has 4 rings (SSSR count). The van der Waals surface area contributed by atoms with Gasteiger partial charge in [0.05, 0.1) is 7.11 Å². The summed E-state index contributed by atoms with van der Waals surface area (Å²) in [5.41, 5.74) is 0.887. The lowest BCUT2D eigenvalue weighted by Gasteiger charge is -2.31. The number of hydrogen-bond acceptors (Lipinski definition) is 6. The van der Waals surface area contributed by atoms with Crippen molar-refractivity contribution in [1.82, 2.24) is 15.5 Å². The minimum atomic E-state index is 0.0853. The van der Waals surface area contributed by atoms with Gasteiger partial charge in [0.2, 0.25) is 11.7 Å². The van der Waals surface area contributed by atoms with Crippen molar-refractivity contribution in [1.29, 1.82) is 0 Å². The summed E-state index contributed by atoms with van der Waals surface area (Å²) in [5.74, 6) is 1.66. The zero-order chi connectivity index (χ0) is 19.3. The quantitative estimate of drug-likeness (QED) is 0.851. The zero-order valence-corrected chi connectivity index (χ0v) is 16.4. The Hall–Kier alpha value is -2.57. The Morgan fingerprint density at radius 2 is 1.82 bits per heavy atom. The van der Waals surface area contributed by atoms with E-state index in [9.17, 15) is 4.79 Å². The second-order valence-electron chi connectivity index (χ2n) is 7.73. The molecule has 28 heavy (non-hydrogen) atoms. The van der Waals surface area contributed by atoms with Crippen LogP contribution in [0.4, 0.5) is 6.01 Å².